The second kappa shape index (κ2) is 5.17. The fourth-order valence-corrected chi connectivity index (χ4v) is 2.91. The monoisotopic (exact) mass is 255 g/mol. The van der Waals surface area contributed by atoms with Crippen LogP contribution in [0.2, 0.25) is 0 Å². The summed E-state index contributed by atoms with van der Waals surface area (Å²) in [6.45, 7) is 4.36. The van der Waals surface area contributed by atoms with Crippen LogP contribution < -0.4 is 5.32 Å². The summed E-state index contributed by atoms with van der Waals surface area (Å²) in [5.41, 5.74) is 5.04. The van der Waals surface area contributed by atoms with Gasteiger partial charge >= 0.3 is 0 Å². The number of nitrogens with zero attached hydrogens (tertiary/aromatic N) is 2. The quantitative estimate of drug-likeness (QED) is 0.894. The summed E-state index contributed by atoms with van der Waals surface area (Å²) >= 11 is 0. The Morgan fingerprint density at radius 1 is 1.32 bits per heavy atom. The highest BCUT2D eigenvalue weighted by Gasteiger charge is 2.19. The van der Waals surface area contributed by atoms with E-state index in [9.17, 15) is 0 Å². The Balaban J connectivity index is 1.95. The maximum Gasteiger partial charge on any atom is 0.0684 e. The molecule has 3 rings (SSSR count). The zero-order valence-electron chi connectivity index (χ0n) is 11.7. The molecular weight excluding hydrogens is 234 g/mol. The molecule has 0 bridgehead atoms. The van der Waals surface area contributed by atoms with Crippen LogP contribution in [0.15, 0.2) is 30.3 Å². The second-order valence-electron chi connectivity index (χ2n) is 5.44. The van der Waals surface area contributed by atoms with E-state index in [1.54, 1.807) is 0 Å². The summed E-state index contributed by atoms with van der Waals surface area (Å²) in [5.74, 6) is 0.567. The molecule has 19 heavy (non-hydrogen) atoms. The van der Waals surface area contributed by atoms with Crippen LogP contribution in [0.3, 0.4) is 0 Å². The molecule has 0 amide bonds. The molecule has 1 aromatic carbocycles. The van der Waals surface area contributed by atoms with Gasteiger partial charge in [-0.3, -0.25) is 4.68 Å². The van der Waals surface area contributed by atoms with E-state index in [1.165, 1.54) is 35.4 Å². The Kier molecular flexibility index (Phi) is 3.38. The van der Waals surface area contributed by atoms with Crippen molar-refractivity contribution in [3.8, 4) is 11.3 Å². The lowest BCUT2D eigenvalue weighted by Crippen LogP contribution is -2.28. The largest absolute Gasteiger partial charge is 0.316 e. The van der Waals surface area contributed by atoms with Gasteiger partial charge in [-0.15, -0.1) is 0 Å². The number of hydrogen-bond acceptors (Lipinski definition) is 2. The Hall–Kier alpha value is -1.61. The smallest absolute Gasteiger partial charge is 0.0684 e. The van der Waals surface area contributed by atoms with Crippen LogP contribution in [0.1, 0.15) is 30.0 Å². The third-order valence-corrected chi connectivity index (χ3v) is 4.03. The fourth-order valence-electron chi connectivity index (χ4n) is 2.91. The SMILES string of the molecule is Cc1ccccc1-c1cc(C2CCCNC2)nn1C. The highest BCUT2D eigenvalue weighted by molar-refractivity contribution is 5.64. The average Bonchev–Trinajstić information content (AvgIpc) is 2.82. The molecule has 1 atom stereocenters. The molecule has 0 spiro atoms. The molecule has 100 valence electrons. The van der Waals surface area contributed by atoms with E-state index in [4.69, 9.17) is 5.10 Å². The van der Waals surface area contributed by atoms with Crippen molar-refractivity contribution in [2.24, 2.45) is 7.05 Å². The number of aromatic nitrogens is 2. The van der Waals surface area contributed by atoms with Gasteiger partial charge in [0.2, 0.25) is 0 Å². The molecular formula is C16H21N3. The molecule has 1 N–H and O–H groups in total. The Bertz CT molecular complexity index is 565. The van der Waals surface area contributed by atoms with E-state index >= 15 is 0 Å². The molecule has 1 aliphatic heterocycles. The van der Waals surface area contributed by atoms with Gasteiger partial charge in [0, 0.05) is 25.1 Å². The molecule has 0 saturated carbocycles. The average molecular weight is 255 g/mol. The fraction of sp³-hybridized carbons (Fsp3) is 0.438. The van der Waals surface area contributed by atoms with Crippen molar-refractivity contribution < 1.29 is 0 Å². The first-order chi connectivity index (χ1) is 9.25. The van der Waals surface area contributed by atoms with Gasteiger partial charge in [-0.1, -0.05) is 24.3 Å². The minimum atomic E-state index is 0.567. The highest BCUT2D eigenvalue weighted by Crippen LogP contribution is 2.28. The van der Waals surface area contributed by atoms with Gasteiger partial charge in [-0.2, -0.15) is 5.10 Å². The van der Waals surface area contributed by atoms with E-state index in [-0.39, 0.29) is 0 Å². The van der Waals surface area contributed by atoms with Gasteiger partial charge in [0.05, 0.1) is 11.4 Å². The second-order valence-corrected chi connectivity index (χ2v) is 5.44. The molecule has 1 aliphatic rings. The lowest BCUT2D eigenvalue weighted by atomic mass is 9.95. The van der Waals surface area contributed by atoms with Crippen LogP contribution in [0, 0.1) is 6.92 Å². The summed E-state index contributed by atoms with van der Waals surface area (Å²) < 4.78 is 2.02. The predicted molar refractivity (Wildman–Crippen MR) is 78.2 cm³/mol. The standard InChI is InChI=1S/C16H21N3/c1-12-6-3-4-8-14(12)16-10-15(18-19(16)2)13-7-5-9-17-11-13/h3-4,6,8,10,13,17H,5,7,9,11H2,1-2H3. The number of hydrogen-bond donors (Lipinski definition) is 1. The zero-order valence-corrected chi connectivity index (χ0v) is 11.7. The molecule has 1 aromatic heterocycles. The highest BCUT2D eigenvalue weighted by atomic mass is 15.3. The maximum atomic E-state index is 4.73. The van der Waals surface area contributed by atoms with Crippen LogP contribution in [0.5, 0.6) is 0 Å². The van der Waals surface area contributed by atoms with Gasteiger partial charge in [-0.05, 0) is 37.9 Å². The van der Waals surface area contributed by atoms with Crippen molar-refractivity contribution in [3.05, 3.63) is 41.6 Å². The Morgan fingerprint density at radius 3 is 2.89 bits per heavy atom. The number of aryl methyl sites for hydroxylation is 2. The lowest BCUT2D eigenvalue weighted by molar-refractivity contribution is 0.451. The van der Waals surface area contributed by atoms with Crippen molar-refractivity contribution in [3.63, 3.8) is 0 Å². The van der Waals surface area contributed by atoms with Crippen molar-refractivity contribution in [1.29, 1.82) is 0 Å². The van der Waals surface area contributed by atoms with E-state index in [1.807, 2.05) is 11.7 Å². The van der Waals surface area contributed by atoms with Gasteiger partial charge in [-0.25, -0.2) is 0 Å². The van der Waals surface area contributed by atoms with Gasteiger partial charge in [0.15, 0.2) is 0 Å². The maximum absolute atomic E-state index is 4.73. The number of benzene rings is 1. The van der Waals surface area contributed by atoms with Crippen LogP contribution in [-0.2, 0) is 7.05 Å². The minimum absolute atomic E-state index is 0.567. The predicted octanol–water partition coefficient (Wildman–Crippen LogP) is 2.86. The number of rotatable bonds is 2. The topological polar surface area (TPSA) is 29.9 Å². The number of piperidine rings is 1. The molecule has 1 unspecified atom stereocenters. The normalized spacial score (nSPS) is 19.6. The third-order valence-electron chi connectivity index (χ3n) is 4.03. The number of nitrogens with one attached hydrogen (secondary N) is 1. The molecule has 1 fully saturated rings. The molecule has 2 heterocycles. The first-order valence-corrected chi connectivity index (χ1v) is 7.06. The van der Waals surface area contributed by atoms with E-state index in [0.717, 1.165) is 13.1 Å². The third kappa shape index (κ3) is 2.43. The van der Waals surface area contributed by atoms with Crippen LogP contribution in [0.4, 0.5) is 0 Å². The van der Waals surface area contributed by atoms with Crippen molar-refractivity contribution in [2.75, 3.05) is 13.1 Å². The summed E-state index contributed by atoms with van der Waals surface area (Å²) in [4.78, 5) is 0. The molecule has 3 nitrogen and oxygen atoms in total. The summed E-state index contributed by atoms with van der Waals surface area (Å²) in [6.07, 6.45) is 2.50. The minimum Gasteiger partial charge on any atom is -0.316 e. The van der Waals surface area contributed by atoms with E-state index in [2.05, 4.69) is 42.6 Å². The lowest BCUT2D eigenvalue weighted by Gasteiger charge is -2.20. The van der Waals surface area contributed by atoms with E-state index in [0.29, 0.717) is 5.92 Å². The Morgan fingerprint density at radius 2 is 2.16 bits per heavy atom. The van der Waals surface area contributed by atoms with E-state index < -0.39 is 0 Å². The van der Waals surface area contributed by atoms with Crippen LogP contribution >= 0.6 is 0 Å². The molecule has 0 radical (unpaired) electrons. The summed E-state index contributed by atoms with van der Waals surface area (Å²) in [6, 6.07) is 10.8. The van der Waals surface area contributed by atoms with Gasteiger partial charge < -0.3 is 5.32 Å². The molecule has 0 aliphatic carbocycles. The first kappa shape index (κ1) is 12.4. The summed E-state index contributed by atoms with van der Waals surface area (Å²) in [5, 5.41) is 8.19. The molecule has 3 heteroatoms. The van der Waals surface area contributed by atoms with Gasteiger partial charge in [0.25, 0.3) is 0 Å². The van der Waals surface area contributed by atoms with Crippen LogP contribution in [0.25, 0.3) is 11.3 Å². The first-order valence-electron chi connectivity index (χ1n) is 7.06. The molecule has 1 saturated heterocycles. The zero-order chi connectivity index (χ0) is 13.2. The van der Waals surface area contributed by atoms with Crippen molar-refractivity contribution in [1.82, 2.24) is 15.1 Å². The summed E-state index contributed by atoms with van der Waals surface area (Å²) in [7, 11) is 2.04. The van der Waals surface area contributed by atoms with Crippen molar-refractivity contribution in [2.45, 2.75) is 25.7 Å². The van der Waals surface area contributed by atoms with Crippen molar-refractivity contribution >= 4 is 0 Å². The Labute approximate surface area is 114 Å². The van der Waals surface area contributed by atoms with Crippen LogP contribution in [-0.4, -0.2) is 22.9 Å². The van der Waals surface area contributed by atoms with Gasteiger partial charge in [0.1, 0.15) is 0 Å². The molecule has 2 aromatic rings.